The number of benzene rings is 3. The minimum absolute atomic E-state index is 0.0187. The van der Waals surface area contributed by atoms with Crippen molar-refractivity contribution in [3.63, 3.8) is 0 Å². The minimum atomic E-state index is -0.218. The van der Waals surface area contributed by atoms with E-state index in [0.717, 1.165) is 11.4 Å². The molecule has 1 heterocycles. The molecule has 138 valence electrons. The number of amides is 1. The summed E-state index contributed by atoms with van der Waals surface area (Å²) in [4.78, 5) is 24.3. The van der Waals surface area contributed by atoms with E-state index in [1.54, 1.807) is 18.2 Å². The van der Waals surface area contributed by atoms with Gasteiger partial charge in [0.1, 0.15) is 6.54 Å². The fraction of sp³-hybridized carbons (Fsp3) is 0.0455. The van der Waals surface area contributed by atoms with Gasteiger partial charge in [0.2, 0.25) is 11.3 Å². The van der Waals surface area contributed by atoms with Crippen molar-refractivity contribution >= 4 is 33.9 Å². The van der Waals surface area contributed by atoms with Gasteiger partial charge >= 0.3 is 0 Å². The molecule has 0 aliphatic heterocycles. The molecule has 0 aliphatic rings. The van der Waals surface area contributed by atoms with Crippen LogP contribution in [-0.2, 0) is 11.3 Å². The summed E-state index contributed by atoms with van der Waals surface area (Å²) in [5.41, 5.74) is 3.09. The first-order valence-electron chi connectivity index (χ1n) is 8.86. The lowest BCUT2D eigenvalue weighted by atomic mass is 10.2. The average molecular weight is 370 g/mol. The van der Waals surface area contributed by atoms with Gasteiger partial charge < -0.3 is 10.6 Å². The molecular formula is C22H18N4O2. The van der Waals surface area contributed by atoms with Crippen molar-refractivity contribution in [3.8, 4) is 0 Å². The maximum Gasteiger partial charge on any atom is 0.246 e. The molecule has 1 aromatic heterocycles. The normalized spacial score (nSPS) is 10.6. The SMILES string of the molecule is O=C(Cn1ncc(=O)c2ccccc21)Nc1ccc(Nc2ccccc2)cc1. The summed E-state index contributed by atoms with van der Waals surface area (Å²) in [5.74, 6) is -0.218. The number of anilines is 3. The molecule has 0 atom stereocenters. The Bertz CT molecular complexity index is 1170. The molecule has 4 aromatic rings. The predicted molar refractivity (Wildman–Crippen MR) is 111 cm³/mol. The second kappa shape index (κ2) is 7.75. The molecule has 0 saturated heterocycles. The molecule has 3 aromatic carbocycles. The molecule has 6 heteroatoms. The summed E-state index contributed by atoms with van der Waals surface area (Å²) in [6, 6.07) is 24.4. The van der Waals surface area contributed by atoms with E-state index in [1.165, 1.54) is 10.9 Å². The zero-order valence-electron chi connectivity index (χ0n) is 15.0. The number of carbonyl (C=O) groups excluding carboxylic acids is 1. The number of hydrogen-bond donors (Lipinski definition) is 2. The van der Waals surface area contributed by atoms with Crippen LogP contribution in [0, 0.1) is 0 Å². The Balaban J connectivity index is 1.44. The number of hydrogen-bond acceptors (Lipinski definition) is 4. The Hall–Kier alpha value is -3.93. The average Bonchev–Trinajstić information content (AvgIpc) is 2.73. The molecule has 2 N–H and O–H groups in total. The molecule has 0 saturated carbocycles. The minimum Gasteiger partial charge on any atom is -0.356 e. The molecule has 0 unspecified atom stereocenters. The molecule has 0 bridgehead atoms. The van der Waals surface area contributed by atoms with Crippen molar-refractivity contribution < 1.29 is 4.79 Å². The Morgan fingerprint density at radius 3 is 2.25 bits per heavy atom. The first kappa shape index (κ1) is 17.5. The van der Waals surface area contributed by atoms with Gasteiger partial charge in [-0.15, -0.1) is 0 Å². The van der Waals surface area contributed by atoms with Gasteiger partial charge in [-0.05, 0) is 48.5 Å². The lowest BCUT2D eigenvalue weighted by molar-refractivity contribution is -0.116. The van der Waals surface area contributed by atoms with Crippen LogP contribution in [0.15, 0.2) is 89.9 Å². The van der Waals surface area contributed by atoms with Crippen LogP contribution in [0.2, 0.25) is 0 Å². The van der Waals surface area contributed by atoms with Crippen LogP contribution in [0.4, 0.5) is 17.1 Å². The van der Waals surface area contributed by atoms with Gasteiger partial charge in [-0.2, -0.15) is 5.10 Å². The standard InChI is InChI=1S/C22H18N4O2/c27-21-14-23-26(20-9-5-4-8-19(20)21)15-22(28)25-18-12-10-17(11-13-18)24-16-6-2-1-3-7-16/h1-14,24H,15H2,(H,25,28). The summed E-state index contributed by atoms with van der Waals surface area (Å²) in [5, 5.41) is 10.8. The third-order valence-electron chi connectivity index (χ3n) is 4.29. The zero-order valence-corrected chi connectivity index (χ0v) is 15.0. The monoisotopic (exact) mass is 370 g/mol. The number of para-hydroxylation sites is 2. The van der Waals surface area contributed by atoms with Crippen LogP contribution >= 0.6 is 0 Å². The van der Waals surface area contributed by atoms with E-state index in [2.05, 4.69) is 15.7 Å². The largest absolute Gasteiger partial charge is 0.356 e. The van der Waals surface area contributed by atoms with E-state index in [1.807, 2.05) is 60.7 Å². The highest BCUT2D eigenvalue weighted by Gasteiger charge is 2.08. The molecule has 0 radical (unpaired) electrons. The third-order valence-corrected chi connectivity index (χ3v) is 4.29. The van der Waals surface area contributed by atoms with Gasteiger partial charge in [-0.25, -0.2) is 0 Å². The lowest BCUT2D eigenvalue weighted by Crippen LogP contribution is -2.22. The van der Waals surface area contributed by atoms with Crippen LogP contribution in [0.1, 0.15) is 0 Å². The van der Waals surface area contributed by atoms with Crippen molar-refractivity contribution in [2.24, 2.45) is 0 Å². The van der Waals surface area contributed by atoms with E-state index in [-0.39, 0.29) is 17.9 Å². The molecule has 0 fully saturated rings. The van der Waals surface area contributed by atoms with Crippen LogP contribution < -0.4 is 16.1 Å². The van der Waals surface area contributed by atoms with E-state index >= 15 is 0 Å². The number of nitrogens with one attached hydrogen (secondary N) is 2. The Kier molecular flexibility index (Phi) is 4.84. The highest BCUT2D eigenvalue weighted by Crippen LogP contribution is 2.18. The van der Waals surface area contributed by atoms with Crippen LogP contribution in [-0.4, -0.2) is 15.7 Å². The van der Waals surface area contributed by atoms with E-state index < -0.39 is 0 Å². The van der Waals surface area contributed by atoms with Crippen molar-refractivity contribution in [1.82, 2.24) is 9.78 Å². The number of carbonyl (C=O) groups is 1. The van der Waals surface area contributed by atoms with Gasteiger partial charge in [0, 0.05) is 22.4 Å². The molecule has 6 nitrogen and oxygen atoms in total. The molecule has 0 spiro atoms. The number of rotatable bonds is 5. The van der Waals surface area contributed by atoms with Gasteiger partial charge in [-0.3, -0.25) is 14.3 Å². The van der Waals surface area contributed by atoms with E-state index in [4.69, 9.17) is 0 Å². The molecule has 4 rings (SSSR count). The maximum absolute atomic E-state index is 12.4. The van der Waals surface area contributed by atoms with E-state index in [0.29, 0.717) is 16.6 Å². The highest BCUT2D eigenvalue weighted by atomic mass is 16.2. The summed E-state index contributed by atoms with van der Waals surface area (Å²) in [7, 11) is 0. The van der Waals surface area contributed by atoms with Crippen LogP contribution in [0.3, 0.4) is 0 Å². The number of aromatic nitrogens is 2. The zero-order chi connectivity index (χ0) is 19.3. The van der Waals surface area contributed by atoms with Crippen molar-refractivity contribution in [2.45, 2.75) is 6.54 Å². The number of fused-ring (bicyclic) bond motifs is 1. The summed E-state index contributed by atoms with van der Waals surface area (Å²) >= 11 is 0. The molecule has 0 aliphatic carbocycles. The predicted octanol–water partition coefficient (Wildman–Crippen LogP) is 3.78. The van der Waals surface area contributed by atoms with Gasteiger partial charge in [0.05, 0.1) is 11.7 Å². The second-order valence-electron chi connectivity index (χ2n) is 6.30. The van der Waals surface area contributed by atoms with Gasteiger partial charge in [0.15, 0.2) is 0 Å². The first-order valence-corrected chi connectivity index (χ1v) is 8.86. The fourth-order valence-corrected chi connectivity index (χ4v) is 2.95. The number of nitrogens with zero attached hydrogens (tertiary/aromatic N) is 2. The Labute approximate surface area is 161 Å². The van der Waals surface area contributed by atoms with Crippen molar-refractivity contribution in [1.29, 1.82) is 0 Å². The quantitative estimate of drug-likeness (QED) is 0.561. The van der Waals surface area contributed by atoms with Gasteiger partial charge in [-0.1, -0.05) is 30.3 Å². The van der Waals surface area contributed by atoms with Crippen LogP contribution in [0.5, 0.6) is 0 Å². The van der Waals surface area contributed by atoms with Crippen LogP contribution in [0.25, 0.3) is 10.9 Å². The highest BCUT2D eigenvalue weighted by molar-refractivity contribution is 5.91. The molecule has 28 heavy (non-hydrogen) atoms. The van der Waals surface area contributed by atoms with E-state index in [9.17, 15) is 9.59 Å². The second-order valence-corrected chi connectivity index (χ2v) is 6.30. The molecule has 1 amide bonds. The smallest absolute Gasteiger partial charge is 0.246 e. The topological polar surface area (TPSA) is 76.0 Å². The summed E-state index contributed by atoms with van der Waals surface area (Å²) in [6.45, 7) is 0.0187. The molecular weight excluding hydrogens is 352 g/mol. The Morgan fingerprint density at radius 1 is 0.821 bits per heavy atom. The summed E-state index contributed by atoms with van der Waals surface area (Å²) < 4.78 is 1.53. The summed E-state index contributed by atoms with van der Waals surface area (Å²) in [6.07, 6.45) is 1.24. The van der Waals surface area contributed by atoms with Crippen molar-refractivity contribution in [3.05, 3.63) is 95.3 Å². The first-order chi connectivity index (χ1) is 13.7. The Morgan fingerprint density at radius 2 is 1.46 bits per heavy atom. The third kappa shape index (κ3) is 3.91. The maximum atomic E-state index is 12.4. The lowest BCUT2D eigenvalue weighted by Gasteiger charge is -2.11. The fourth-order valence-electron chi connectivity index (χ4n) is 2.95. The van der Waals surface area contributed by atoms with Crippen molar-refractivity contribution in [2.75, 3.05) is 10.6 Å². The van der Waals surface area contributed by atoms with Gasteiger partial charge in [0.25, 0.3) is 0 Å².